The van der Waals surface area contributed by atoms with Crippen molar-refractivity contribution in [2.75, 3.05) is 0 Å². The molecule has 1 aromatic carbocycles. The van der Waals surface area contributed by atoms with E-state index in [2.05, 4.69) is 10.2 Å². The molecule has 120 valence electrons. The molecule has 3 heterocycles. The van der Waals surface area contributed by atoms with Crippen molar-refractivity contribution in [1.29, 1.82) is 0 Å². The van der Waals surface area contributed by atoms with Crippen molar-refractivity contribution in [1.82, 2.24) is 14.8 Å². The van der Waals surface area contributed by atoms with E-state index in [0.717, 1.165) is 33.5 Å². The molecule has 0 radical (unpaired) electrons. The average molecular weight is 357 g/mol. The van der Waals surface area contributed by atoms with Crippen LogP contribution in [0.25, 0.3) is 5.00 Å². The molecule has 1 aliphatic rings. The molecule has 0 amide bonds. The molecule has 2 aromatic heterocycles. The van der Waals surface area contributed by atoms with Gasteiger partial charge in [-0.1, -0.05) is 29.8 Å². The van der Waals surface area contributed by atoms with E-state index in [1.165, 1.54) is 11.3 Å². The molecule has 24 heavy (non-hydrogen) atoms. The third-order valence-electron chi connectivity index (χ3n) is 3.92. The third-order valence-corrected chi connectivity index (χ3v) is 5.47. The van der Waals surface area contributed by atoms with Gasteiger partial charge in [-0.2, -0.15) is 0 Å². The number of aromatic nitrogens is 3. The summed E-state index contributed by atoms with van der Waals surface area (Å²) in [6.07, 6.45) is 0. The van der Waals surface area contributed by atoms with Crippen molar-refractivity contribution < 1.29 is 4.79 Å². The topological polar surface area (TPSA) is 60.1 Å². The molecular formula is C17H13ClN4OS. The smallest absolute Gasteiger partial charge is 0.169 e. The van der Waals surface area contributed by atoms with Gasteiger partial charge in [-0.3, -0.25) is 14.4 Å². The Labute approximate surface area is 147 Å². The number of thiophene rings is 1. The van der Waals surface area contributed by atoms with Crippen molar-refractivity contribution in [2.24, 2.45) is 4.99 Å². The zero-order valence-electron chi connectivity index (χ0n) is 13.1. The van der Waals surface area contributed by atoms with E-state index in [-0.39, 0.29) is 5.78 Å². The summed E-state index contributed by atoms with van der Waals surface area (Å²) in [6.45, 7) is 3.88. The van der Waals surface area contributed by atoms with Crippen molar-refractivity contribution in [3.63, 3.8) is 0 Å². The van der Waals surface area contributed by atoms with Crippen LogP contribution >= 0.6 is 22.9 Å². The lowest BCUT2D eigenvalue weighted by Crippen LogP contribution is -2.05. The second-order valence-electron chi connectivity index (χ2n) is 5.53. The monoisotopic (exact) mass is 356 g/mol. The highest BCUT2D eigenvalue weighted by atomic mass is 35.5. The fraction of sp³-hybridized carbons (Fsp3) is 0.176. The van der Waals surface area contributed by atoms with E-state index in [4.69, 9.17) is 16.6 Å². The molecule has 0 saturated carbocycles. The number of rotatable bonds is 2. The predicted octanol–water partition coefficient (Wildman–Crippen LogP) is 3.84. The van der Waals surface area contributed by atoms with Crippen molar-refractivity contribution in [3.8, 4) is 5.00 Å². The molecule has 0 unspecified atom stereocenters. The number of hydrogen-bond acceptors (Lipinski definition) is 5. The third kappa shape index (κ3) is 2.30. The normalized spacial score (nSPS) is 13.0. The van der Waals surface area contributed by atoms with Gasteiger partial charge in [0.1, 0.15) is 17.4 Å². The molecule has 4 rings (SSSR count). The Bertz CT molecular complexity index is 1000. The standard InChI is InChI=1S/C17H13ClN4OS/c1-9(23)14-7-12-16(11-5-3-4-6-13(11)18)19-8-15-21-20-10(2)22(15)17(12)24-14/h3-7H,8H2,1-2H3. The Morgan fingerprint density at radius 1 is 1.25 bits per heavy atom. The highest BCUT2D eigenvalue weighted by molar-refractivity contribution is 7.17. The number of aryl methyl sites for hydroxylation is 1. The Hall–Kier alpha value is -2.31. The molecule has 5 nitrogen and oxygen atoms in total. The quantitative estimate of drug-likeness (QED) is 0.655. The first kappa shape index (κ1) is 15.2. The van der Waals surface area contributed by atoms with E-state index in [1.54, 1.807) is 6.92 Å². The predicted molar refractivity (Wildman–Crippen MR) is 94.8 cm³/mol. The summed E-state index contributed by atoms with van der Waals surface area (Å²) in [6, 6.07) is 9.48. The number of halogens is 1. The lowest BCUT2D eigenvalue weighted by atomic mass is 10.0. The summed E-state index contributed by atoms with van der Waals surface area (Å²) < 4.78 is 1.97. The van der Waals surface area contributed by atoms with Gasteiger partial charge < -0.3 is 0 Å². The number of benzene rings is 1. The van der Waals surface area contributed by atoms with Crippen LogP contribution in [0.4, 0.5) is 0 Å². The summed E-state index contributed by atoms with van der Waals surface area (Å²) in [7, 11) is 0. The molecule has 0 aliphatic carbocycles. The first-order valence-corrected chi connectivity index (χ1v) is 8.61. The summed E-state index contributed by atoms with van der Waals surface area (Å²) in [5.74, 6) is 1.56. The van der Waals surface area contributed by atoms with Gasteiger partial charge in [0, 0.05) is 16.1 Å². The Morgan fingerprint density at radius 2 is 2.04 bits per heavy atom. The molecule has 7 heteroatoms. The number of fused-ring (bicyclic) bond motifs is 3. The van der Waals surface area contributed by atoms with Gasteiger partial charge in [0.05, 0.1) is 10.6 Å². The zero-order chi connectivity index (χ0) is 16.8. The van der Waals surface area contributed by atoms with E-state index >= 15 is 0 Å². The van der Waals surface area contributed by atoms with Crippen LogP contribution < -0.4 is 0 Å². The average Bonchev–Trinajstić information content (AvgIpc) is 3.10. The first-order chi connectivity index (χ1) is 11.6. The number of carbonyl (C=O) groups excluding carboxylic acids is 1. The minimum atomic E-state index is 0.0267. The molecule has 0 N–H and O–H groups in total. The van der Waals surface area contributed by atoms with E-state index in [9.17, 15) is 4.79 Å². The van der Waals surface area contributed by atoms with Gasteiger partial charge in [-0.05, 0) is 26.0 Å². The Morgan fingerprint density at radius 3 is 2.79 bits per heavy atom. The maximum absolute atomic E-state index is 11.9. The van der Waals surface area contributed by atoms with Gasteiger partial charge in [0.15, 0.2) is 11.6 Å². The van der Waals surface area contributed by atoms with Gasteiger partial charge in [0.2, 0.25) is 0 Å². The van der Waals surface area contributed by atoms with Gasteiger partial charge in [-0.15, -0.1) is 21.5 Å². The molecule has 0 saturated heterocycles. The van der Waals surface area contributed by atoms with Gasteiger partial charge in [0.25, 0.3) is 0 Å². The fourth-order valence-electron chi connectivity index (χ4n) is 2.78. The van der Waals surface area contributed by atoms with Crippen LogP contribution in [0.15, 0.2) is 35.3 Å². The van der Waals surface area contributed by atoms with Crippen molar-refractivity contribution in [2.45, 2.75) is 20.4 Å². The number of aliphatic imine (C=N–C) groups is 1. The second kappa shape index (κ2) is 5.65. The molecule has 0 atom stereocenters. The van der Waals surface area contributed by atoms with Crippen LogP contribution in [0.1, 0.15) is 39.4 Å². The van der Waals surface area contributed by atoms with E-state index in [0.29, 0.717) is 16.4 Å². The fourth-order valence-corrected chi connectivity index (χ4v) is 4.13. The summed E-state index contributed by atoms with van der Waals surface area (Å²) in [5.41, 5.74) is 2.52. The van der Waals surface area contributed by atoms with Crippen LogP contribution in [-0.2, 0) is 6.54 Å². The summed E-state index contributed by atoms with van der Waals surface area (Å²) >= 11 is 7.82. The van der Waals surface area contributed by atoms with Crippen molar-refractivity contribution >= 4 is 34.4 Å². The molecule has 0 spiro atoms. The number of nitrogens with zero attached hydrogens (tertiary/aromatic N) is 4. The van der Waals surface area contributed by atoms with Crippen molar-refractivity contribution in [3.05, 3.63) is 63.0 Å². The second-order valence-corrected chi connectivity index (χ2v) is 6.97. The minimum absolute atomic E-state index is 0.0267. The largest absolute Gasteiger partial charge is 0.294 e. The summed E-state index contributed by atoms with van der Waals surface area (Å²) in [4.78, 5) is 17.3. The van der Waals surface area contributed by atoms with Crippen LogP contribution in [0.2, 0.25) is 5.02 Å². The molecular weight excluding hydrogens is 344 g/mol. The van der Waals surface area contributed by atoms with Crippen LogP contribution in [-0.4, -0.2) is 26.3 Å². The number of ketones is 1. The molecule has 3 aromatic rings. The van der Waals surface area contributed by atoms with Crippen LogP contribution in [0, 0.1) is 6.92 Å². The van der Waals surface area contributed by atoms with E-state index < -0.39 is 0 Å². The van der Waals surface area contributed by atoms with Gasteiger partial charge >= 0.3 is 0 Å². The molecule has 0 fully saturated rings. The lowest BCUT2D eigenvalue weighted by molar-refractivity contribution is 0.102. The molecule has 0 bridgehead atoms. The van der Waals surface area contributed by atoms with Crippen LogP contribution in [0.3, 0.4) is 0 Å². The highest BCUT2D eigenvalue weighted by Gasteiger charge is 2.26. The lowest BCUT2D eigenvalue weighted by Gasteiger charge is -2.08. The van der Waals surface area contributed by atoms with E-state index in [1.807, 2.05) is 41.8 Å². The Balaban J connectivity index is 2.01. The van der Waals surface area contributed by atoms with Crippen LogP contribution in [0.5, 0.6) is 0 Å². The number of hydrogen-bond donors (Lipinski definition) is 0. The first-order valence-electron chi connectivity index (χ1n) is 7.42. The Kier molecular flexibility index (Phi) is 3.58. The maximum atomic E-state index is 11.9. The molecule has 1 aliphatic heterocycles. The maximum Gasteiger partial charge on any atom is 0.169 e. The van der Waals surface area contributed by atoms with Gasteiger partial charge in [-0.25, -0.2) is 0 Å². The summed E-state index contributed by atoms with van der Waals surface area (Å²) in [5, 5.41) is 9.90. The number of carbonyl (C=O) groups is 1. The highest BCUT2D eigenvalue weighted by Crippen LogP contribution is 2.34. The number of Topliss-reactive ketones (excluding diaryl/α,β-unsaturated/α-hetero) is 1. The minimum Gasteiger partial charge on any atom is -0.294 e. The SMILES string of the molecule is CC(=O)c1cc2c(s1)-n1c(C)nnc1CN=C2c1ccccc1Cl. The zero-order valence-corrected chi connectivity index (χ0v) is 14.6.